The van der Waals surface area contributed by atoms with Crippen molar-refractivity contribution in [3.8, 4) is 5.75 Å². The average Bonchev–Trinajstić information content (AvgIpc) is 2.42. The van der Waals surface area contributed by atoms with Crippen LogP contribution >= 0.6 is 11.6 Å². The van der Waals surface area contributed by atoms with E-state index in [1.54, 1.807) is 48.5 Å². The monoisotopic (exact) mass is 276 g/mol. The van der Waals surface area contributed by atoms with Gasteiger partial charge in [-0.3, -0.25) is 0 Å². The van der Waals surface area contributed by atoms with E-state index < -0.39 is 0 Å². The Hall–Kier alpha value is -2.07. The first-order chi connectivity index (χ1) is 9.19. The van der Waals surface area contributed by atoms with E-state index in [4.69, 9.17) is 16.3 Å². The first-order valence-electron chi connectivity index (χ1n) is 5.86. The number of benzene rings is 2. The highest BCUT2D eigenvalue weighted by Gasteiger charge is 2.03. The molecule has 0 heterocycles. The zero-order chi connectivity index (χ0) is 13.7. The Labute approximate surface area is 116 Å². The molecule has 98 valence electrons. The molecule has 0 bridgehead atoms. The number of hydrogen-bond acceptors (Lipinski definition) is 3. The average molecular weight is 277 g/mol. The Morgan fingerprint density at radius 2 is 1.74 bits per heavy atom. The molecule has 0 unspecified atom stereocenters. The lowest BCUT2D eigenvalue weighted by Crippen LogP contribution is -1.91. The van der Waals surface area contributed by atoms with Gasteiger partial charge in [0.15, 0.2) is 0 Å². The third-order valence-electron chi connectivity index (χ3n) is 2.40. The normalized spacial score (nSPS) is 11.4. The van der Waals surface area contributed by atoms with E-state index in [2.05, 4.69) is 5.11 Å². The fourth-order valence-electron chi connectivity index (χ4n) is 1.51. The standard InChI is InChI=1S/C14H13ClN2O2/c1-2-19-14-9-5-12(6-10-14)16-17(18)13-7-3-11(15)4-8-13/h3-10H,2H2,1H3. The van der Waals surface area contributed by atoms with E-state index in [-0.39, 0.29) is 0 Å². The molecule has 0 atom stereocenters. The van der Waals surface area contributed by atoms with Gasteiger partial charge in [0.1, 0.15) is 11.4 Å². The van der Waals surface area contributed by atoms with Crippen LogP contribution in [-0.4, -0.2) is 11.5 Å². The molecule has 0 saturated heterocycles. The maximum absolute atomic E-state index is 11.8. The molecule has 4 nitrogen and oxygen atoms in total. The van der Waals surface area contributed by atoms with E-state index >= 15 is 0 Å². The van der Waals surface area contributed by atoms with Crippen molar-refractivity contribution in [3.63, 3.8) is 0 Å². The van der Waals surface area contributed by atoms with Gasteiger partial charge in [-0.25, -0.2) is 0 Å². The second-order valence-corrected chi connectivity index (χ2v) is 4.21. The molecule has 0 aliphatic carbocycles. The molecule has 2 aromatic carbocycles. The number of halogens is 1. The van der Waals surface area contributed by atoms with Crippen LogP contribution in [0.4, 0.5) is 11.4 Å². The van der Waals surface area contributed by atoms with Gasteiger partial charge in [0.05, 0.1) is 6.61 Å². The lowest BCUT2D eigenvalue weighted by atomic mass is 10.3. The maximum Gasteiger partial charge on any atom is 0.245 e. The van der Waals surface area contributed by atoms with Crippen LogP contribution in [0.5, 0.6) is 5.75 Å². The van der Waals surface area contributed by atoms with E-state index in [0.717, 1.165) is 5.75 Å². The minimum absolute atomic E-state index is 0.429. The smallest absolute Gasteiger partial charge is 0.245 e. The van der Waals surface area contributed by atoms with Crippen LogP contribution in [0.2, 0.25) is 5.02 Å². The van der Waals surface area contributed by atoms with Crippen LogP contribution in [0, 0.1) is 5.21 Å². The van der Waals surface area contributed by atoms with Crippen molar-refractivity contribution in [3.05, 3.63) is 58.8 Å². The van der Waals surface area contributed by atoms with Crippen molar-refractivity contribution < 1.29 is 9.60 Å². The van der Waals surface area contributed by atoms with Crippen molar-refractivity contribution in [1.82, 2.24) is 0 Å². The number of rotatable bonds is 4. The lowest BCUT2D eigenvalue weighted by Gasteiger charge is -2.02. The second kappa shape index (κ2) is 6.20. The fourth-order valence-corrected chi connectivity index (χ4v) is 1.63. The van der Waals surface area contributed by atoms with Crippen molar-refractivity contribution in [1.29, 1.82) is 0 Å². The molecule has 5 heteroatoms. The van der Waals surface area contributed by atoms with Crippen molar-refractivity contribution in [2.24, 2.45) is 5.11 Å². The molecule has 19 heavy (non-hydrogen) atoms. The maximum atomic E-state index is 11.8. The molecule has 0 N–H and O–H groups in total. The van der Waals surface area contributed by atoms with Crippen LogP contribution in [-0.2, 0) is 0 Å². The molecule has 0 fully saturated rings. The second-order valence-electron chi connectivity index (χ2n) is 3.78. The summed E-state index contributed by atoms with van der Waals surface area (Å²) in [6, 6.07) is 13.5. The van der Waals surface area contributed by atoms with Crippen LogP contribution in [0.25, 0.3) is 0 Å². The van der Waals surface area contributed by atoms with Gasteiger partial charge >= 0.3 is 0 Å². The number of hydrogen-bond donors (Lipinski definition) is 0. The summed E-state index contributed by atoms with van der Waals surface area (Å²) in [6.07, 6.45) is 0. The van der Waals surface area contributed by atoms with Gasteiger partial charge in [-0.05, 0) is 43.3 Å². The van der Waals surface area contributed by atoms with E-state index in [9.17, 15) is 5.21 Å². The molecule has 0 aliphatic rings. The van der Waals surface area contributed by atoms with Crippen LogP contribution in [0.3, 0.4) is 0 Å². The summed E-state index contributed by atoms with van der Waals surface area (Å²) >= 11 is 5.76. The molecule has 0 radical (unpaired) electrons. The summed E-state index contributed by atoms with van der Waals surface area (Å²) in [5, 5.41) is 16.3. The molecule has 0 amide bonds. The highest BCUT2D eigenvalue weighted by Crippen LogP contribution is 2.21. The van der Waals surface area contributed by atoms with E-state index in [1.165, 1.54) is 0 Å². The molecular weight excluding hydrogens is 264 g/mol. The predicted molar refractivity (Wildman–Crippen MR) is 74.4 cm³/mol. The minimum atomic E-state index is 0.429. The Kier molecular flexibility index (Phi) is 4.36. The van der Waals surface area contributed by atoms with Crippen molar-refractivity contribution in [2.75, 3.05) is 6.61 Å². The Morgan fingerprint density at radius 3 is 2.32 bits per heavy atom. The van der Waals surface area contributed by atoms with Gasteiger partial charge in [0.25, 0.3) is 0 Å². The van der Waals surface area contributed by atoms with Crippen LogP contribution in [0.15, 0.2) is 53.6 Å². The van der Waals surface area contributed by atoms with Crippen LogP contribution < -0.4 is 4.74 Å². The third kappa shape index (κ3) is 3.69. The van der Waals surface area contributed by atoms with Gasteiger partial charge in [-0.15, -0.1) is 0 Å². The van der Waals surface area contributed by atoms with Crippen molar-refractivity contribution in [2.45, 2.75) is 6.92 Å². The summed E-state index contributed by atoms with van der Waals surface area (Å²) in [4.78, 5) is 0.562. The Bertz CT molecular complexity index is 565. The van der Waals surface area contributed by atoms with Gasteiger partial charge in [0.2, 0.25) is 5.69 Å². The number of nitrogens with zero attached hydrogens (tertiary/aromatic N) is 2. The minimum Gasteiger partial charge on any atom is -0.594 e. The van der Waals surface area contributed by atoms with Crippen LogP contribution in [0.1, 0.15) is 6.92 Å². The molecule has 0 spiro atoms. The number of ether oxygens (including phenoxy) is 1. The molecular formula is C14H13ClN2O2. The van der Waals surface area contributed by atoms with Gasteiger partial charge in [-0.2, -0.15) is 0 Å². The highest BCUT2D eigenvalue weighted by molar-refractivity contribution is 6.30. The summed E-state index contributed by atoms with van der Waals surface area (Å²) in [5.74, 6) is 0.755. The molecule has 0 aliphatic heterocycles. The van der Waals surface area contributed by atoms with Crippen molar-refractivity contribution >= 4 is 23.0 Å². The summed E-state index contributed by atoms with van der Waals surface area (Å²) < 4.78 is 5.32. The highest BCUT2D eigenvalue weighted by atomic mass is 35.5. The van der Waals surface area contributed by atoms with E-state index in [1.807, 2.05) is 6.92 Å². The topological polar surface area (TPSA) is 47.7 Å². The van der Waals surface area contributed by atoms with Gasteiger partial charge in [0, 0.05) is 22.3 Å². The molecule has 0 saturated carbocycles. The summed E-state index contributed by atoms with van der Waals surface area (Å²) in [7, 11) is 0. The molecule has 2 rings (SSSR count). The predicted octanol–water partition coefficient (Wildman–Crippen LogP) is 4.66. The zero-order valence-corrected chi connectivity index (χ0v) is 11.2. The quantitative estimate of drug-likeness (QED) is 0.463. The zero-order valence-electron chi connectivity index (χ0n) is 10.4. The van der Waals surface area contributed by atoms with E-state index in [0.29, 0.717) is 27.9 Å². The SMILES string of the molecule is CCOc1ccc(N=[N+]([O-])c2ccc(Cl)cc2)cc1. The Morgan fingerprint density at radius 1 is 1.11 bits per heavy atom. The third-order valence-corrected chi connectivity index (χ3v) is 2.65. The number of azo groups is 1. The Balaban J connectivity index is 2.17. The first-order valence-corrected chi connectivity index (χ1v) is 6.24. The van der Waals surface area contributed by atoms with Gasteiger partial charge < -0.3 is 9.94 Å². The lowest BCUT2D eigenvalue weighted by molar-refractivity contribution is -0.435. The summed E-state index contributed by atoms with van der Waals surface area (Å²) in [5.41, 5.74) is 0.992. The van der Waals surface area contributed by atoms with Gasteiger partial charge in [-0.1, -0.05) is 16.5 Å². The largest absolute Gasteiger partial charge is 0.594 e. The first kappa shape index (κ1) is 13.4. The molecule has 0 aromatic heterocycles. The molecule has 2 aromatic rings. The summed E-state index contributed by atoms with van der Waals surface area (Å²) in [6.45, 7) is 2.52. The fraction of sp³-hybridized carbons (Fsp3) is 0.143.